The third-order valence-corrected chi connectivity index (χ3v) is 5.68. The van der Waals surface area contributed by atoms with Gasteiger partial charge in [0.2, 0.25) is 0 Å². The van der Waals surface area contributed by atoms with Crippen molar-refractivity contribution >= 4 is 18.1 Å². The second kappa shape index (κ2) is 8.04. The first-order valence-corrected chi connectivity index (χ1v) is 9.74. The van der Waals surface area contributed by atoms with Crippen LogP contribution in [0.4, 0.5) is 0 Å². The lowest BCUT2D eigenvalue weighted by molar-refractivity contribution is 0.203. The van der Waals surface area contributed by atoms with Gasteiger partial charge in [-0.15, -0.1) is 12.4 Å². The van der Waals surface area contributed by atoms with Gasteiger partial charge in [0, 0.05) is 30.6 Å². The lowest BCUT2D eigenvalue weighted by Crippen LogP contribution is -2.32. The van der Waals surface area contributed by atoms with Crippen molar-refractivity contribution in [2.24, 2.45) is 0 Å². The fraction of sp³-hybridized carbons (Fsp3) is 0.435. The van der Waals surface area contributed by atoms with Gasteiger partial charge in [-0.05, 0) is 54.6 Å². The summed E-state index contributed by atoms with van der Waals surface area (Å²) in [6.07, 6.45) is 6.63. The molecule has 1 fully saturated rings. The number of benzene rings is 1. The number of hydrogen-bond donors (Lipinski definition) is 0. The van der Waals surface area contributed by atoms with Crippen LogP contribution in [-0.2, 0) is 12.0 Å². The molecule has 0 aliphatic carbocycles. The first-order valence-electron chi connectivity index (χ1n) is 9.74. The molecule has 4 heteroatoms. The van der Waals surface area contributed by atoms with Crippen LogP contribution in [0.25, 0.3) is 5.65 Å². The Labute approximate surface area is 168 Å². The zero-order valence-corrected chi connectivity index (χ0v) is 17.4. The topological polar surface area (TPSA) is 20.5 Å². The Kier molecular flexibility index (Phi) is 5.92. The molecule has 1 saturated heterocycles. The summed E-state index contributed by atoms with van der Waals surface area (Å²) in [5, 5.41) is 0. The van der Waals surface area contributed by atoms with E-state index in [1.807, 2.05) is 0 Å². The van der Waals surface area contributed by atoms with Crippen LogP contribution < -0.4 is 0 Å². The van der Waals surface area contributed by atoms with Gasteiger partial charge in [0.15, 0.2) is 0 Å². The summed E-state index contributed by atoms with van der Waals surface area (Å²) in [7, 11) is 0. The minimum atomic E-state index is 0. The summed E-state index contributed by atoms with van der Waals surface area (Å²) >= 11 is 0. The van der Waals surface area contributed by atoms with Crippen LogP contribution in [0.15, 0.2) is 54.9 Å². The van der Waals surface area contributed by atoms with Gasteiger partial charge in [0.1, 0.15) is 5.65 Å². The zero-order valence-electron chi connectivity index (χ0n) is 16.6. The van der Waals surface area contributed by atoms with E-state index in [1.165, 1.54) is 29.7 Å². The highest BCUT2D eigenvalue weighted by Gasteiger charge is 2.23. The number of likely N-dealkylation sites (tertiary alicyclic amines) is 1. The molecule has 0 radical (unpaired) electrons. The second-order valence-electron chi connectivity index (χ2n) is 8.61. The number of piperidine rings is 1. The van der Waals surface area contributed by atoms with Crippen molar-refractivity contribution in [3.05, 3.63) is 71.7 Å². The van der Waals surface area contributed by atoms with Crippen LogP contribution in [0.1, 0.15) is 56.4 Å². The molecule has 3 heterocycles. The first kappa shape index (κ1) is 19.9. The van der Waals surface area contributed by atoms with E-state index < -0.39 is 0 Å². The molecule has 1 aliphatic rings. The Balaban J connectivity index is 0.00000210. The fourth-order valence-electron chi connectivity index (χ4n) is 4.01. The minimum absolute atomic E-state index is 0. The average Bonchev–Trinajstić information content (AvgIpc) is 3.06. The monoisotopic (exact) mass is 383 g/mol. The van der Waals surface area contributed by atoms with Crippen LogP contribution >= 0.6 is 12.4 Å². The van der Waals surface area contributed by atoms with Crippen LogP contribution in [0.3, 0.4) is 0 Å². The number of aromatic nitrogens is 2. The summed E-state index contributed by atoms with van der Waals surface area (Å²) in [6, 6.07) is 15.4. The summed E-state index contributed by atoms with van der Waals surface area (Å²) in [4.78, 5) is 7.15. The summed E-state index contributed by atoms with van der Waals surface area (Å²) in [5.41, 5.74) is 5.49. The van der Waals surface area contributed by atoms with E-state index in [-0.39, 0.29) is 17.8 Å². The molecule has 1 aromatic carbocycles. The molecule has 0 atom stereocenters. The molecule has 0 amide bonds. The van der Waals surface area contributed by atoms with E-state index in [1.54, 1.807) is 0 Å². The maximum absolute atomic E-state index is 4.56. The standard InChI is InChI=1S/C23H29N3.ClH/c1-23(2,3)20-9-7-18(8-10-20)17-25-14-11-19(12-15-25)21-16-24-22-6-4-5-13-26(21)22;/h4-10,13,16,19H,11-12,14-15,17H2,1-3H3;1H. The molecule has 0 spiro atoms. The third-order valence-electron chi connectivity index (χ3n) is 5.68. The maximum Gasteiger partial charge on any atom is 0.136 e. The quantitative estimate of drug-likeness (QED) is 0.600. The second-order valence-corrected chi connectivity index (χ2v) is 8.61. The number of imidazole rings is 1. The van der Waals surface area contributed by atoms with Crippen molar-refractivity contribution in [3.8, 4) is 0 Å². The molecule has 0 saturated carbocycles. The number of pyridine rings is 1. The van der Waals surface area contributed by atoms with Crippen LogP contribution in [0, 0.1) is 0 Å². The van der Waals surface area contributed by atoms with E-state index in [0.717, 1.165) is 25.3 Å². The van der Waals surface area contributed by atoms with E-state index in [0.29, 0.717) is 5.92 Å². The van der Waals surface area contributed by atoms with Crippen molar-refractivity contribution in [2.45, 2.75) is 51.5 Å². The number of halogens is 1. The summed E-state index contributed by atoms with van der Waals surface area (Å²) in [6.45, 7) is 10.2. The highest BCUT2D eigenvalue weighted by Crippen LogP contribution is 2.29. The Morgan fingerprint density at radius 3 is 2.37 bits per heavy atom. The summed E-state index contributed by atoms with van der Waals surface area (Å²) < 4.78 is 2.26. The fourth-order valence-corrected chi connectivity index (χ4v) is 4.01. The Morgan fingerprint density at radius 2 is 1.70 bits per heavy atom. The molecule has 0 bridgehead atoms. The SMILES string of the molecule is CC(C)(C)c1ccc(CN2CCC(c3cnc4ccccn34)CC2)cc1.Cl. The number of hydrogen-bond acceptors (Lipinski definition) is 2. The van der Waals surface area contributed by atoms with Gasteiger partial charge in [-0.1, -0.05) is 51.1 Å². The van der Waals surface area contributed by atoms with Gasteiger partial charge in [-0.25, -0.2) is 4.98 Å². The average molecular weight is 384 g/mol. The molecule has 0 unspecified atom stereocenters. The summed E-state index contributed by atoms with van der Waals surface area (Å²) in [5.74, 6) is 0.618. The molecule has 1 aliphatic heterocycles. The van der Waals surface area contributed by atoms with Crippen molar-refractivity contribution in [3.63, 3.8) is 0 Å². The van der Waals surface area contributed by atoms with E-state index >= 15 is 0 Å². The maximum atomic E-state index is 4.56. The van der Waals surface area contributed by atoms with Gasteiger partial charge in [-0.3, -0.25) is 4.90 Å². The van der Waals surface area contributed by atoms with E-state index in [4.69, 9.17) is 0 Å². The van der Waals surface area contributed by atoms with E-state index in [2.05, 4.69) is 89.9 Å². The molecule has 4 rings (SSSR count). The van der Waals surface area contributed by atoms with Crippen molar-refractivity contribution in [2.75, 3.05) is 13.1 Å². The molecule has 2 aromatic heterocycles. The molecule has 0 N–H and O–H groups in total. The minimum Gasteiger partial charge on any atom is -0.304 e. The van der Waals surface area contributed by atoms with Gasteiger partial charge in [0.05, 0.1) is 0 Å². The van der Waals surface area contributed by atoms with Gasteiger partial charge >= 0.3 is 0 Å². The Bertz CT molecular complexity index is 869. The molecule has 27 heavy (non-hydrogen) atoms. The van der Waals surface area contributed by atoms with Gasteiger partial charge < -0.3 is 4.40 Å². The number of fused-ring (bicyclic) bond motifs is 1. The number of nitrogens with zero attached hydrogens (tertiary/aromatic N) is 3. The van der Waals surface area contributed by atoms with Crippen molar-refractivity contribution in [1.82, 2.24) is 14.3 Å². The molecular formula is C23H30ClN3. The predicted octanol–water partition coefficient (Wildman–Crippen LogP) is 5.43. The van der Waals surface area contributed by atoms with Gasteiger partial charge in [0.25, 0.3) is 0 Å². The molecule has 3 nitrogen and oxygen atoms in total. The molecular weight excluding hydrogens is 354 g/mol. The number of rotatable bonds is 3. The van der Waals surface area contributed by atoms with Crippen LogP contribution in [0.2, 0.25) is 0 Å². The Morgan fingerprint density at radius 1 is 1.00 bits per heavy atom. The highest BCUT2D eigenvalue weighted by atomic mass is 35.5. The van der Waals surface area contributed by atoms with Gasteiger partial charge in [-0.2, -0.15) is 0 Å². The third kappa shape index (κ3) is 4.36. The van der Waals surface area contributed by atoms with Crippen LogP contribution in [0.5, 0.6) is 0 Å². The zero-order chi connectivity index (χ0) is 18.1. The predicted molar refractivity (Wildman–Crippen MR) is 115 cm³/mol. The van der Waals surface area contributed by atoms with E-state index in [9.17, 15) is 0 Å². The lowest BCUT2D eigenvalue weighted by atomic mass is 9.86. The lowest BCUT2D eigenvalue weighted by Gasteiger charge is -2.32. The first-order chi connectivity index (χ1) is 12.5. The molecule has 144 valence electrons. The van der Waals surface area contributed by atoms with Crippen LogP contribution in [-0.4, -0.2) is 27.4 Å². The van der Waals surface area contributed by atoms with Crippen molar-refractivity contribution < 1.29 is 0 Å². The molecule has 3 aromatic rings. The van der Waals surface area contributed by atoms with Crippen molar-refractivity contribution in [1.29, 1.82) is 0 Å². The normalized spacial score (nSPS) is 16.4. The largest absolute Gasteiger partial charge is 0.304 e. The Hall–Kier alpha value is -1.84. The highest BCUT2D eigenvalue weighted by molar-refractivity contribution is 5.85. The smallest absolute Gasteiger partial charge is 0.136 e.